The van der Waals surface area contributed by atoms with Crippen molar-refractivity contribution in [3.05, 3.63) is 0 Å². The van der Waals surface area contributed by atoms with E-state index in [2.05, 4.69) is 15.6 Å². The third-order valence-electron chi connectivity index (χ3n) is 2.95. The summed E-state index contributed by atoms with van der Waals surface area (Å²) in [7, 11) is 0. The predicted molar refractivity (Wildman–Crippen MR) is 93.5 cm³/mol. The van der Waals surface area contributed by atoms with E-state index >= 15 is 0 Å². The van der Waals surface area contributed by atoms with Crippen molar-refractivity contribution in [1.82, 2.24) is 10.6 Å². The van der Waals surface area contributed by atoms with Gasteiger partial charge in [0, 0.05) is 25.9 Å². The zero-order chi connectivity index (χ0) is 17.5. The van der Waals surface area contributed by atoms with Crippen LogP contribution in [0.15, 0.2) is 4.99 Å². The molecule has 0 radical (unpaired) electrons. The Hall–Kier alpha value is -1.87. The lowest BCUT2D eigenvalue weighted by molar-refractivity contribution is -0.136. The Bertz CT molecular complexity index is 403. The van der Waals surface area contributed by atoms with Gasteiger partial charge < -0.3 is 32.0 Å². The largest absolute Gasteiger partial charge is 0.370 e. The topological polar surface area (TPSA) is 160 Å². The number of halogens is 1. The fourth-order valence-electron chi connectivity index (χ4n) is 1.74. The van der Waals surface area contributed by atoms with Gasteiger partial charge in [-0.05, 0) is 19.3 Å². The van der Waals surface area contributed by atoms with Gasteiger partial charge in [-0.25, -0.2) is 0 Å². The monoisotopic (exact) mass is 365 g/mol. The van der Waals surface area contributed by atoms with E-state index < -0.39 is 12.1 Å². The third kappa shape index (κ3) is 15.0. The Labute approximate surface area is 148 Å². The molecule has 7 N–H and O–H groups in total. The molecule has 0 saturated heterocycles. The highest BCUT2D eigenvalue weighted by molar-refractivity contribution is 5.86. The van der Waals surface area contributed by atoms with Gasteiger partial charge >= 0.3 is 0 Å². The lowest BCUT2D eigenvalue weighted by Gasteiger charge is -2.12. The average molecular weight is 366 g/mol. The minimum absolute atomic E-state index is 0. The molecule has 10 heteroatoms. The standard InChI is InChI=1S/C14H27N5O4.ClH/c15-14(16)18-9-4-2-1-3-7-11(21)19-13(23)12(22)17-8-5-6-10-20;/h10,13,23H,1-9H2,(H,17,22)(H,19,21)(H4,15,16,18);1H. The van der Waals surface area contributed by atoms with Crippen LogP contribution in [-0.2, 0) is 14.4 Å². The number of aldehydes is 1. The number of rotatable bonds is 13. The Balaban J connectivity index is 0. The van der Waals surface area contributed by atoms with E-state index in [0.717, 1.165) is 25.5 Å². The number of nitrogens with one attached hydrogen (secondary N) is 2. The highest BCUT2D eigenvalue weighted by atomic mass is 35.5. The second-order valence-electron chi connectivity index (χ2n) is 5.04. The van der Waals surface area contributed by atoms with Crippen LogP contribution in [0.2, 0.25) is 0 Å². The van der Waals surface area contributed by atoms with Gasteiger partial charge in [0.05, 0.1) is 0 Å². The number of carbonyl (C=O) groups excluding carboxylic acids is 3. The molecule has 1 unspecified atom stereocenters. The van der Waals surface area contributed by atoms with E-state index in [4.69, 9.17) is 11.5 Å². The first-order valence-electron chi connectivity index (χ1n) is 7.71. The number of unbranched alkanes of at least 4 members (excludes halogenated alkanes) is 4. The van der Waals surface area contributed by atoms with Crippen molar-refractivity contribution in [2.24, 2.45) is 16.5 Å². The maximum absolute atomic E-state index is 11.6. The molecule has 1 atom stereocenters. The van der Waals surface area contributed by atoms with Crippen LogP contribution in [-0.4, -0.2) is 48.5 Å². The van der Waals surface area contributed by atoms with E-state index in [1.165, 1.54) is 0 Å². The number of amides is 2. The quantitative estimate of drug-likeness (QED) is 0.0940. The second kappa shape index (κ2) is 16.0. The Morgan fingerprint density at radius 1 is 1.12 bits per heavy atom. The molecule has 140 valence electrons. The summed E-state index contributed by atoms with van der Waals surface area (Å²) < 4.78 is 0. The van der Waals surface area contributed by atoms with Crippen molar-refractivity contribution in [3.63, 3.8) is 0 Å². The molecule has 2 amide bonds. The van der Waals surface area contributed by atoms with Crippen LogP contribution in [0.4, 0.5) is 0 Å². The van der Waals surface area contributed by atoms with Crippen LogP contribution in [0.1, 0.15) is 44.9 Å². The van der Waals surface area contributed by atoms with Crippen molar-refractivity contribution in [3.8, 4) is 0 Å². The molecular weight excluding hydrogens is 338 g/mol. The number of hydrogen-bond donors (Lipinski definition) is 5. The molecule has 9 nitrogen and oxygen atoms in total. The number of guanidine groups is 1. The summed E-state index contributed by atoms with van der Waals surface area (Å²) in [6.45, 7) is 0.845. The van der Waals surface area contributed by atoms with Gasteiger partial charge in [-0.1, -0.05) is 12.8 Å². The molecule has 0 saturated carbocycles. The van der Waals surface area contributed by atoms with Crippen LogP contribution >= 0.6 is 12.4 Å². The molecule has 0 aliphatic carbocycles. The van der Waals surface area contributed by atoms with Gasteiger partial charge in [0.15, 0.2) is 5.96 Å². The van der Waals surface area contributed by atoms with Gasteiger partial charge in [-0.3, -0.25) is 14.6 Å². The molecule has 0 fully saturated rings. The average Bonchev–Trinajstić information content (AvgIpc) is 2.50. The molecule has 0 bridgehead atoms. The molecule has 0 rings (SSSR count). The summed E-state index contributed by atoms with van der Waals surface area (Å²) in [5, 5.41) is 14.2. The van der Waals surface area contributed by atoms with Crippen LogP contribution in [0.25, 0.3) is 0 Å². The van der Waals surface area contributed by atoms with Crippen LogP contribution in [0.3, 0.4) is 0 Å². The molecule has 0 aromatic heterocycles. The van der Waals surface area contributed by atoms with E-state index in [9.17, 15) is 19.5 Å². The molecule has 24 heavy (non-hydrogen) atoms. The fourth-order valence-corrected chi connectivity index (χ4v) is 1.74. The van der Waals surface area contributed by atoms with Crippen molar-refractivity contribution in [2.75, 3.05) is 13.1 Å². The molecule has 0 spiro atoms. The van der Waals surface area contributed by atoms with E-state index in [-0.39, 0.29) is 37.2 Å². The zero-order valence-corrected chi connectivity index (χ0v) is 14.5. The highest BCUT2D eigenvalue weighted by Gasteiger charge is 2.16. The van der Waals surface area contributed by atoms with Crippen molar-refractivity contribution >= 4 is 36.5 Å². The van der Waals surface area contributed by atoms with Crippen LogP contribution in [0.5, 0.6) is 0 Å². The van der Waals surface area contributed by atoms with Crippen molar-refractivity contribution in [2.45, 2.75) is 51.2 Å². The highest BCUT2D eigenvalue weighted by Crippen LogP contribution is 2.03. The number of aliphatic hydroxyl groups is 1. The molecule has 0 heterocycles. The number of nitrogens with zero attached hydrogens (tertiary/aromatic N) is 1. The summed E-state index contributed by atoms with van der Waals surface area (Å²) in [6.07, 6.45) is 3.47. The van der Waals surface area contributed by atoms with Gasteiger partial charge in [0.25, 0.3) is 5.91 Å². The van der Waals surface area contributed by atoms with Crippen molar-refractivity contribution < 1.29 is 19.5 Å². The predicted octanol–water partition coefficient (Wildman–Crippen LogP) is -0.838. The molecule has 0 aromatic rings. The SMILES string of the molecule is Cl.NC(N)=NCCCCCCC(=O)NC(O)C(=O)NCCCC=O. The fraction of sp³-hybridized carbons (Fsp3) is 0.714. The van der Waals surface area contributed by atoms with Gasteiger partial charge in [-0.15, -0.1) is 12.4 Å². The molecule has 0 aliphatic heterocycles. The van der Waals surface area contributed by atoms with Gasteiger partial charge in [0.1, 0.15) is 6.29 Å². The Kier molecular flexibility index (Phi) is 16.3. The summed E-state index contributed by atoms with van der Waals surface area (Å²) in [6, 6.07) is 0. The lowest BCUT2D eigenvalue weighted by atomic mass is 10.1. The van der Waals surface area contributed by atoms with Gasteiger partial charge in [-0.2, -0.15) is 0 Å². The first-order valence-corrected chi connectivity index (χ1v) is 7.71. The number of aliphatic hydroxyl groups excluding tert-OH is 1. The molecule has 0 aliphatic rings. The maximum Gasteiger partial charge on any atom is 0.269 e. The summed E-state index contributed by atoms with van der Waals surface area (Å²) in [5.74, 6) is -0.992. The van der Waals surface area contributed by atoms with Crippen LogP contribution < -0.4 is 22.1 Å². The second-order valence-corrected chi connectivity index (χ2v) is 5.04. The minimum Gasteiger partial charge on any atom is -0.370 e. The smallest absolute Gasteiger partial charge is 0.269 e. The first-order chi connectivity index (χ1) is 11.0. The number of carbonyl (C=O) groups is 3. The lowest BCUT2D eigenvalue weighted by Crippen LogP contribution is -2.46. The number of aliphatic imine (C=N–C) groups is 1. The third-order valence-corrected chi connectivity index (χ3v) is 2.95. The molecule has 0 aromatic carbocycles. The summed E-state index contributed by atoms with van der Waals surface area (Å²) in [5.41, 5.74) is 10.4. The Morgan fingerprint density at radius 3 is 2.42 bits per heavy atom. The van der Waals surface area contributed by atoms with E-state index in [1.54, 1.807) is 0 Å². The normalized spacial score (nSPS) is 10.9. The van der Waals surface area contributed by atoms with Crippen molar-refractivity contribution in [1.29, 1.82) is 0 Å². The minimum atomic E-state index is -1.57. The van der Waals surface area contributed by atoms with E-state index in [1.807, 2.05) is 0 Å². The summed E-state index contributed by atoms with van der Waals surface area (Å²) in [4.78, 5) is 37.0. The summed E-state index contributed by atoms with van der Waals surface area (Å²) >= 11 is 0. The van der Waals surface area contributed by atoms with Gasteiger partial charge in [0.2, 0.25) is 12.1 Å². The number of nitrogens with two attached hydrogens (primary N) is 2. The first kappa shape index (κ1) is 24.4. The van der Waals surface area contributed by atoms with E-state index in [0.29, 0.717) is 25.8 Å². The Morgan fingerprint density at radius 2 is 1.79 bits per heavy atom. The maximum atomic E-state index is 11.6. The van der Waals surface area contributed by atoms with Crippen LogP contribution in [0, 0.1) is 0 Å². The molecular formula is C14H28ClN5O4. The zero-order valence-electron chi connectivity index (χ0n) is 13.7. The number of hydrogen-bond acceptors (Lipinski definition) is 5.